The lowest BCUT2D eigenvalue weighted by Gasteiger charge is -2.08. The molecule has 0 fully saturated rings. The van der Waals surface area contributed by atoms with Crippen LogP contribution in [0.1, 0.15) is 114 Å². The molecule has 2 aromatic rings. The summed E-state index contributed by atoms with van der Waals surface area (Å²) in [6.45, 7) is 52.2. The van der Waals surface area contributed by atoms with Crippen molar-refractivity contribution >= 4 is 18.2 Å². The highest BCUT2D eigenvalue weighted by atomic mass is 14.1. The zero-order valence-corrected chi connectivity index (χ0v) is 33.2. The van der Waals surface area contributed by atoms with Gasteiger partial charge in [0.15, 0.2) is 0 Å². The van der Waals surface area contributed by atoms with Crippen molar-refractivity contribution in [3.63, 3.8) is 0 Å². The average Bonchev–Trinajstić information content (AvgIpc) is 3.03. The molecule has 0 aliphatic rings. The first-order valence-corrected chi connectivity index (χ1v) is 16.7. The van der Waals surface area contributed by atoms with Crippen molar-refractivity contribution in [2.24, 2.45) is 0 Å². The number of rotatable bonds is 9. The van der Waals surface area contributed by atoms with Gasteiger partial charge in [0.2, 0.25) is 0 Å². The Morgan fingerprint density at radius 2 is 1.06 bits per heavy atom. The van der Waals surface area contributed by atoms with Crippen LogP contribution in [0.2, 0.25) is 0 Å². The minimum Gasteiger partial charge on any atom is -0.0985 e. The van der Waals surface area contributed by atoms with E-state index < -0.39 is 0 Å². The first-order chi connectivity index (χ1) is 22.4. The number of hydrogen-bond donors (Lipinski definition) is 0. The first-order valence-electron chi connectivity index (χ1n) is 16.7. The Bertz CT molecular complexity index is 1580. The predicted molar refractivity (Wildman–Crippen MR) is 232 cm³/mol. The molecule has 0 heteroatoms. The molecule has 0 N–H and O–H groups in total. The number of hydrogen-bond acceptors (Lipinski definition) is 0. The second-order valence-electron chi connectivity index (χ2n) is 12.5. The van der Waals surface area contributed by atoms with Gasteiger partial charge in [0, 0.05) is 0 Å². The molecule has 0 aromatic heterocycles. The fourth-order valence-corrected chi connectivity index (χ4v) is 4.70. The van der Waals surface area contributed by atoms with E-state index >= 15 is 0 Å². The van der Waals surface area contributed by atoms with Crippen LogP contribution in [0.4, 0.5) is 0 Å². The smallest absolute Gasteiger partial charge is 0.0158 e. The summed E-state index contributed by atoms with van der Waals surface area (Å²) < 4.78 is 0. The molecule has 266 valence electrons. The Balaban J connectivity index is -0.000000572. The SMILES string of the molecule is C.C/C=C\c1cc(C)c(C)cc1C.C=C(C)/C(C)=C(/C)C(=C)/C=C\C.C=CC(=C(C)C)C(C=C)=C(C)C.C=Cc1ccc(C)c(C)c1C=C. The lowest BCUT2D eigenvalue weighted by atomic mass is 9.98. The van der Waals surface area contributed by atoms with Gasteiger partial charge in [-0.3, -0.25) is 0 Å². The van der Waals surface area contributed by atoms with Crippen molar-refractivity contribution in [3.8, 4) is 0 Å². The van der Waals surface area contributed by atoms with Crippen LogP contribution in [-0.4, -0.2) is 0 Å². The number of allylic oxidation sites excluding steroid dienone is 13. The van der Waals surface area contributed by atoms with Gasteiger partial charge < -0.3 is 0 Å². The third-order valence-corrected chi connectivity index (χ3v) is 8.30. The molecular weight excluding hydrogens is 589 g/mol. The molecule has 0 aliphatic carbocycles. The maximum Gasteiger partial charge on any atom is -0.0158 e. The third-order valence-electron chi connectivity index (χ3n) is 8.30. The molecule has 0 atom stereocenters. The fourth-order valence-electron chi connectivity index (χ4n) is 4.70. The molecular formula is C49H70. The van der Waals surface area contributed by atoms with E-state index in [9.17, 15) is 0 Å². The third kappa shape index (κ3) is 17.0. The van der Waals surface area contributed by atoms with Crippen molar-refractivity contribution in [1.82, 2.24) is 0 Å². The maximum absolute atomic E-state index is 3.96. The van der Waals surface area contributed by atoms with Crippen molar-refractivity contribution in [2.75, 3.05) is 0 Å². The van der Waals surface area contributed by atoms with E-state index in [-0.39, 0.29) is 7.43 Å². The van der Waals surface area contributed by atoms with E-state index in [1.807, 2.05) is 50.3 Å². The molecule has 0 nitrogen and oxygen atoms in total. The molecule has 0 amide bonds. The van der Waals surface area contributed by atoms with Gasteiger partial charge in [-0.25, -0.2) is 0 Å². The van der Waals surface area contributed by atoms with Crippen LogP contribution in [0, 0.1) is 34.6 Å². The van der Waals surface area contributed by atoms with E-state index in [2.05, 4.69) is 159 Å². The van der Waals surface area contributed by atoms with Crippen LogP contribution in [0.5, 0.6) is 0 Å². The van der Waals surface area contributed by atoms with E-state index in [0.29, 0.717) is 0 Å². The van der Waals surface area contributed by atoms with Gasteiger partial charge in [0.1, 0.15) is 0 Å². The highest BCUT2D eigenvalue weighted by molar-refractivity contribution is 5.67. The van der Waals surface area contributed by atoms with Crippen LogP contribution >= 0.6 is 0 Å². The summed E-state index contributed by atoms with van der Waals surface area (Å²) in [5, 5.41) is 0. The lowest BCUT2D eigenvalue weighted by Crippen LogP contribution is -1.89. The summed E-state index contributed by atoms with van der Waals surface area (Å²) >= 11 is 0. The zero-order chi connectivity index (χ0) is 37.7. The monoisotopic (exact) mass is 659 g/mol. The summed E-state index contributed by atoms with van der Waals surface area (Å²) in [6, 6.07) is 8.67. The molecule has 0 heterocycles. The van der Waals surface area contributed by atoms with Crippen LogP contribution in [0.15, 0.2) is 139 Å². The van der Waals surface area contributed by atoms with Gasteiger partial charge in [-0.2, -0.15) is 0 Å². The summed E-state index contributed by atoms with van der Waals surface area (Å²) in [5.41, 5.74) is 20.0. The lowest BCUT2D eigenvalue weighted by molar-refractivity contribution is 1.26. The summed E-state index contributed by atoms with van der Waals surface area (Å²) in [5.74, 6) is 0. The number of aryl methyl sites for hydroxylation is 4. The largest absolute Gasteiger partial charge is 0.0985 e. The molecule has 2 aromatic carbocycles. The fraction of sp³-hybridized carbons (Fsp3) is 0.306. The molecule has 0 saturated heterocycles. The minimum atomic E-state index is 0. The molecule has 0 spiro atoms. The zero-order valence-electron chi connectivity index (χ0n) is 33.2. The Morgan fingerprint density at radius 1 is 0.571 bits per heavy atom. The van der Waals surface area contributed by atoms with Crippen molar-refractivity contribution in [3.05, 3.63) is 183 Å². The highest BCUT2D eigenvalue weighted by Crippen LogP contribution is 2.21. The Kier molecular flexibility index (Phi) is 25.6. The van der Waals surface area contributed by atoms with Gasteiger partial charge in [-0.1, -0.05) is 136 Å². The standard InChI is InChI=1S/C12H16.C12H14.2C12H18.CH4/c1-5-6-12-8-10(3)9(2)7-11(12)4;1-5-11-8-7-9(3)10(4)12(11)6-2;1-7-8-10(4)12(6)11(5)9(2)3;1-7-11(9(3)4)12(8-2)10(5)6;/h5-8H,1-4H3;5-8H,1-2H2,3-4H3;7-8H,2,4H2,1,3,5-6H3;7-8H,1-2H2,3-6H3;1H4/b6-5-;;8-7-,12-11-;;. The van der Waals surface area contributed by atoms with E-state index in [1.54, 1.807) is 0 Å². The summed E-state index contributed by atoms with van der Waals surface area (Å²) in [4.78, 5) is 0. The van der Waals surface area contributed by atoms with E-state index in [4.69, 9.17) is 0 Å². The summed E-state index contributed by atoms with van der Waals surface area (Å²) in [7, 11) is 0. The number of benzene rings is 2. The van der Waals surface area contributed by atoms with Gasteiger partial charge in [-0.15, -0.1) is 0 Å². The van der Waals surface area contributed by atoms with Crippen molar-refractivity contribution in [1.29, 1.82) is 0 Å². The van der Waals surface area contributed by atoms with Crippen LogP contribution in [0.25, 0.3) is 18.2 Å². The Labute approximate surface area is 304 Å². The molecule has 0 radical (unpaired) electrons. The molecule has 49 heavy (non-hydrogen) atoms. The van der Waals surface area contributed by atoms with Crippen molar-refractivity contribution < 1.29 is 0 Å². The minimum absolute atomic E-state index is 0. The van der Waals surface area contributed by atoms with E-state index in [0.717, 1.165) is 16.7 Å². The quantitative estimate of drug-likeness (QED) is 0.235. The van der Waals surface area contributed by atoms with Crippen LogP contribution in [0.3, 0.4) is 0 Å². The van der Waals surface area contributed by atoms with Crippen LogP contribution < -0.4 is 0 Å². The van der Waals surface area contributed by atoms with Gasteiger partial charge >= 0.3 is 0 Å². The Morgan fingerprint density at radius 3 is 1.43 bits per heavy atom. The normalized spacial score (nSPS) is 10.3. The van der Waals surface area contributed by atoms with Gasteiger partial charge in [0.05, 0.1) is 0 Å². The van der Waals surface area contributed by atoms with Crippen LogP contribution in [-0.2, 0) is 0 Å². The maximum atomic E-state index is 3.96. The predicted octanol–water partition coefficient (Wildman–Crippen LogP) is 15.9. The first kappa shape index (κ1) is 49.0. The molecule has 0 aliphatic heterocycles. The second kappa shape index (κ2) is 25.6. The second-order valence-corrected chi connectivity index (χ2v) is 12.5. The molecule has 2 rings (SSSR count). The summed E-state index contributed by atoms with van der Waals surface area (Å²) in [6.07, 6.45) is 15.8. The molecule has 0 unspecified atom stereocenters. The molecule has 0 saturated carbocycles. The Hall–Kier alpha value is -4.42. The van der Waals surface area contributed by atoms with Gasteiger partial charge in [0.25, 0.3) is 0 Å². The topological polar surface area (TPSA) is 0 Å². The highest BCUT2D eigenvalue weighted by Gasteiger charge is 2.02. The molecule has 0 bridgehead atoms. The van der Waals surface area contributed by atoms with Gasteiger partial charge in [-0.05, 0) is 169 Å². The average molecular weight is 659 g/mol. The van der Waals surface area contributed by atoms with E-state index in [1.165, 1.54) is 72.4 Å². The van der Waals surface area contributed by atoms with Crippen molar-refractivity contribution in [2.45, 2.75) is 104 Å².